The highest BCUT2D eigenvalue weighted by molar-refractivity contribution is 7.89. The van der Waals surface area contributed by atoms with E-state index >= 15 is 0 Å². The molecule has 0 aliphatic heterocycles. The van der Waals surface area contributed by atoms with E-state index in [2.05, 4.69) is 15.0 Å². The van der Waals surface area contributed by atoms with E-state index < -0.39 is 20.9 Å². The first-order valence-corrected chi connectivity index (χ1v) is 6.88. The Kier molecular flexibility index (Phi) is 5.19. The van der Waals surface area contributed by atoms with E-state index in [0.29, 0.717) is 0 Å². The molecule has 106 valence electrons. The minimum Gasteiger partial charge on any atom is -0.337 e. The minimum absolute atomic E-state index is 0.0576. The summed E-state index contributed by atoms with van der Waals surface area (Å²) in [4.78, 5) is 15.9. The summed E-state index contributed by atoms with van der Waals surface area (Å²) in [5.41, 5.74) is 0. The molecule has 1 aromatic heterocycles. The third-order valence-electron chi connectivity index (χ3n) is 2.08. The molecule has 0 fully saturated rings. The lowest BCUT2D eigenvalue weighted by molar-refractivity contribution is 0.217. The minimum atomic E-state index is -4.01. The van der Waals surface area contributed by atoms with Gasteiger partial charge in [-0.2, -0.15) is 0 Å². The van der Waals surface area contributed by atoms with E-state index in [1.165, 1.54) is 17.2 Å². The molecule has 0 radical (unpaired) electrons. The van der Waals surface area contributed by atoms with Crippen LogP contribution in [0, 0.1) is 5.82 Å². The number of rotatable bonds is 5. The van der Waals surface area contributed by atoms with Crippen LogP contribution in [0.3, 0.4) is 0 Å². The van der Waals surface area contributed by atoms with Gasteiger partial charge in [0, 0.05) is 33.4 Å². The van der Waals surface area contributed by atoms with Crippen molar-refractivity contribution in [3.05, 3.63) is 24.1 Å². The normalized spacial score (nSPS) is 11.1. The smallest absolute Gasteiger partial charge is 0.316 e. The summed E-state index contributed by atoms with van der Waals surface area (Å²) < 4.78 is 38.8. The molecule has 0 saturated carbocycles. The van der Waals surface area contributed by atoms with E-state index in [0.717, 1.165) is 6.07 Å². The van der Waals surface area contributed by atoms with Crippen LogP contribution in [-0.2, 0) is 10.0 Å². The molecule has 0 aromatic carbocycles. The molecule has 19 heavy (non-hydrogen) atoms. The quantitative estimate of drug-likeness (QED) is 0.733. The summed E-state index contributed by atoms with van der Waals surface area (Å²) in [5.74, 6) is -0.924. The zero-order valence-corrected chi connectivity index (χ0v) is 11.4. The maximum Gasteiger partial charge on any atom is 0.316 e. The topological polar surface area (TPSA) is 91.4 Å². The predicted molar refractivity (Wildman–Crippen MR) is 66.5 cm³/mol. The van der Waals surface area contributed by atoms with Crippen LogP contribution in [-0.4, -0.2) is 51.5 Å². The summed E-state index contributed by atoms with van der Waals surface area (Å²) in [6.07, 6.45) is 1.19. The number of hydrogen-bond donors (Lipinski definition) is 2. The number of carbonyl (C=O) groups is 1. The summed E-state index contributed by atoms with van der Waals surface area (Å²) in [7, 11) is -0.894. The molecule has 0 spiro atoms. The first-order chi connectivity index (χ1) is 8.84. The zero-order chi connectivity index (χ0) is 14.5. The van der Waals surface area contributed by atoms with Crippen molar-refractivity contribution in [2.75, 3.05) is 27.2 Å². The summed E-state index contributed by atoms with van der Waals surface area (Å²) >= 11 is 0. The number of urea groups is 1. The molecule has 0 aliphatic carbocycles. The standard InChI is InChI=1S/C10H15FN4O3S/c1-15(2)10(16)13-6-7-14-19(17,18)9-8(11)4-3-5-12-9/h3-5,14H,6-7H2,1-2H3,(H,13,16). The van der Waals surface area contributed by atoms with Gasteiger partial charge in [0.25, 0.3) is 10.0 Å². The number of nitrogens with zero attached hydrogens (tertiary/aromatic N) is 2. The lowest BCUT2D eigenvalue weighted by atomic mass is 10.5. The molecule has 0 saturated heterocycles. The molecule has 1 heterocycles. The summed E-state index contributed by atoms with van der Waals surface area (Å²) in [6, 6.07) is 1.96. The van der Waals surface area contributed by atoms with Crippen LogP contribution >= 0.6 is 0 Å². The summed E-state index contributed by atoms with van der Waals surface area (Å²) in [6.45, 7) is 0.0304. The largest absolute Gasteiger partial charge is 0.337 e. The molecule has 9 heteroatoms. The van der Waals surface area contributed by atoms with E-state index in [1.807, 2.05) is 0 Å². The van der Waals surface area contributed by atoms with Gasteiger partial charge in [0.05, 0.1) is 0 Å². The number of amides is 2. The maximum absolute atomic E-state index is 13.3. The van der Waals surface area contributed by atoms with Crippen LogP contribution in [0.4, 0.5) is 9.18 Å². The van der Waals surface area contributed by atoms with Crippen LogP contribution in [0.5, 0.6) is 0 Å². The average Bonchev–Trinajstić information content (AvgIpc) is 2.34. The van der Waals surface area contributed by atoms with E-state index in [1.54, 1.807) is 14.1 Å². The van der Waals surface area contributed by atoms with Gasteiger partial charge in [0.2, 0.25) is 5.03 Å². The van der Waals surface area contributed by atoms with E-state index in [-0.39, 0.29) is 19.1 Å². The van der Waals surface area contributed by atoms with Crippen LogP contribution in [0.2, 0.25) is 0 Å². The molecular formula is C10H15FN4O3S. The second-order valence-corrected chi connectivity index (χ2v) is 5.50. The maximum atomic E-state index is 13.3. The summed E-state index contributed by atoms with van der Waals surface area (Å²) in [5, 5.41) is 1.81. The van der Waals surface area contributed by atoms with Gasteiger partial charge in [-0.15, -0.1) is 0 Å². The van der Waals surface area contributed by atoms with Crippen molar-refractivity contribution in [3.8, 4) is 0 Å². The van der Waals surface area contributed by atoms with Gasteiger partial charge >= 0.3 is 6.03 Å². The van der Waals surface area contributed by atoms with E-state index in [4.69, 9.17) is 0 Å². The van der Waals surface area contributed by atoms with Crippen molar-refractivity contribution >= 4 is 16.1 Å². The second-order valence-electron chi connectivity index (χ2n) is 3.81. The first kappa shape index (κ1) is 15.3. The molecule has 0 bridgehead atoms. The monoisotopic (exact) mass is 290 g/mol. The molecule has 0 unspecified atom stereocenters. The van der Waals surface area contributed by atoms with Gasteiger partial charge in [-0.25, -0.2) is 27.3 Å². The molecular weight excluding hydrogens is 275 g/mol. The Morgan fingerprint density at radius 3 is 2.68 bits per heavy atom. The SMILES string of the molecule is CN(C)C(=O)NCCNS(=O)(=O)c1ncccc1F. The molecule has 2 amide bonds. The van der Waals surface area contributed by atoms with E-state index in [9.17, 15) is 17.6 Å². The zero-order valence-electron chi connectivity index (χ0n) is 10.6. The van der Waals surface area contributed by atoms with Gasteiger partial charge in [-0.05, 0) is 12.1 Å². The highest BCUT2D eigenvalue weighted by Crippen LogP contribution is 2.08. The first-order valence-electron chi connectivity index (χ1n) is 5.40. The fraction of sp³-hybridized carbons (Fsp3) is 0.400. The number of halogens is 1. The molecule has 0 atom stereocenters. The Morgan fingerprint density at radius 2 is 2.11 bits per heavy atom. The Morgan fingerprint density at radius 1 is 1.42 bits per heavy atom. The Balaban J connectivity index is 2.53. The second kappa shape index (κ2) is 6.43. The Hall–Kier alpha value is -1.74. The highest BCUT2D eigenvalue weighted by atomic mass is 32.2. The van der Waals surface area contributed by atoms with Crippen LogP contribution in [0.1, 0.15) is 0 Å². The lowest BCUT2D eigenvalue weighted by Crippen LogP contribution is -2.39. The number of pyridine rings is 1. The average molecular weight is 290 g/mol. The van der Waals surface area contributed by atoms with Crippen molar-refractivity contribution in [1.82, 2.24) is 19.9 Å². The third kappa shape index (κ3) is 4.45. The van der Waals surface area contributed by atoms with Crippen molar-refractivity contribution in [3.63, 3.8) is 0 Å². The number of sulfonamides is 1. The molecule has 1 rings (SSSR count). The molecule has 7 nitrogen and oxygen atoms in total. The molecule has 1 aromatic rings. The third-order valence-corrected chi connectivity index (χ3v) is 3.47. The van der Waals surface area contributed by atoms with Crippen molar-refractivity contribution in [2.24, 2.45) is 0 Å². The lowest BCUT2D eigenvalue weighted by Gasteiger charge is -2.12. The molecule has 2 N–H and O–H groups in total. The van der Waals surface area contributed by atoms with Crippen molar-refractivity contribution in [2.45, 2.75) is 5.03 Å². The number of aromatic nitrogens is 1. The fourth-order valence-electron chi connectivity index (χ4n) is 1.15. The van der Waals surface area contributed by atoms with Gasteiger partial charge < -0.3 is 10.2 Å². The van der Waals surface area contributed by atoms with Crippen LogP contribution < -0.4 is 10.0 Å². The van der Waals surface area contributed by atoms with Gasteiger partial charge in [0.15, 0.2) is 5.82 Å². The number of hydrogen-bond acceptors (Lipinski definition) is 4. The van der Waals surface area contributed by atoms with Gasteiger partial charge in [-0.3, -0.25) is 0 Å². The van der Waals surface area contributed by atoms with Gasteiger partial charge in [0.1, 0.15) is 0 Å². The van der Waals surface area contributed by atoms with Gasteiger partial charge in [-0.1, -0.05) is 0 Å². The predicted octanol–water partition coefficient (Wildman–Crippen LogP) is -0.230. The van der Waals surface area contributed by atoms with Crippen molar-refractivity contribution < 1.29 is 17.6 Å². The van der Waals surface area contributed by atoms with Crippen LogP contribution in [0.15, 0.2) is 23.4 Å². The highest BCUT2D eigenvalue weighted by Gasteiger charge is 2.19. The number of nitrogens with one attached hydrogen (secondary N) is 2. The fourth-order valence-corrected chi connectivity index (χ4v) is 2.18. The Bertz CT molecular complexity index is 547. The Labute approximate surface area is 110 Å². The molecule has 0 aliphatic rings. The van der Waals surface area contributed by atoms with Crippen molar-refractivity contribution in [1.29, 1.82) is 0 Å². The van der Waals surface area contributed by atoms with Crippen LogP contribution in [0.25, 0.3) is 0 Å². The number of carbonyl (C=O) groups excluding carboxylic acids is 1.